The van der Waals surface area contributed by atoms with E-state index in [9.17, 15) is 9.59 Å². The molecule has 0 saturated carbocycles. The summed E-state index contributed by atoms with van der Waals surface area (Å²) < 4.78 is 53.7. The highest BCUT2D eigenvalue weighted by atomic mass is 16.7. The molecule has 0 unspecified atom stereocenters. The van der Waals surface area contributed by atoms with Crippen molar-refractivity contribution in [2.75, 3.05) is 55.2 Å². The summed E-state index contributed by atoms with van der Waals surface area (Å²) in [7, 11) is 5.64. The first-order chi connectivity index (χ1) is 17.0. The maximum atomic E-state index is 12.8. The van der Waals surface area contributed by atoms with E-state index < -0.39 is 12.1 Å². The third-order valence-electron chi connectivity index (χ3n) is 5.25. The smallest absolute Gasteiger partial charge is 0.493 e. The molecule has 2 heterocycles. The Morgan fingerprint density at radius 2 is 1.37 bits per heavy atom. The number of hydrogen-bond donors (Lipinski definition) is 0. The Bertz CT molecular complexity index is 1130. The number of rotatable bonds is 9. The van der Waals surface area contributed by atoms with Crippen molar-refractivity contribution in [3.63, 3.8) is 0 Å². The number of fused-ring (bicyclic) bond motifs is 2. The van der Waals surface area contributed by atoms with Gasteiger partial charge in [-0.1, -0.05) is 0 Å². The van der Waals surface area contributed by atoms with Crippen molar-refractivity contribution in [3.8, 4) is 45.6 Å². The molecule has 188 valence electrons. The van der Waals surface area contributed by atoms with Gasteiger partial charge in [0.1, 0.15) is 13.2 Å². The van der Waals surface area contributed by atoms with Gasteiger partial charge in [-0.3, -0.25) is 0 Å². The van der Waals surface area contributed by atoms with Crippen LogP contribution in [0.3, 0.4) is 0 Å². The van der Waals surface area contributed by atoms with Crippen LogP contribution >= 0.6 is 0 Å². The Kier molecular flexibility index (Phi) is 7.20. The second-order valence-corrected chi connectivity index (χ2v) is 7.12. The number of hydrogen-bond acceptors (Lipinski definition) is 12. The van der Waals surface area contributed by atoms with Crippen LogP contribution in [0.2, 0.25) is 0 Å². The van der Waals surface area contributed by atoms with Gasteiger partial charge in [0, 0.05) is 23.8 Å². The zero-order chi connectivity index (χ0) is 24.9. The van der Waals surface area contributed by atoms with E-state index in [0.717, 1.165) is 0 Å². The van der Waals surface area contributed by atoms with Crippen LogP contribution < -0.4 is 28.4 Å². The molecule has 2 aliphatic heterocycles. The molecule has 2 aromatic carbocycles. The van der Waals surface area contributed by atoms with E-state index >= 15 is 0 Å². The van der Waals surface area contributed by atoms with Gasteiger partial charge in [-0.25, -0.2) is 9.59 Å². The molecule has 0 spiro atoms. The molecule has 12 heteroatoms. The number of carbonyl (C=O) groups excluding carboxylic acids is 2. The largest absolute Gasteiger partial charge is 0.508 e. The van der Waals surface area contributed by atoms with Crippen LogP contribution in [-0.4, -0.2) is 67.4 Å². The lowest BCUT2D eigenvalue weighted by Crippen LogP contribution is -2.12. The molecule has 2 aliphatic rings. The van der Waals surface area contributed by atoms with Gasteiger partial charge < -0.3 is 47.4 Å². The van der Waals surface area contributed by atoms with Crippen molar-refractivity contribution < 1.29 is 57.0 Å². The topological polar surface area (TPSA) is 126 Å². The quantitative estimate of drug-likeness (QED) is 0.377. The van der Waals surface area contributed by atoms with Crippen LogP contribution in [0.5, 0.6) is 34.5 Å². The summed E-state index contributed by atoms with van der Waals surface area (Å²) in [5.41, 5.74) is 1.19. The molecule has 0 N–H and O–H groups in total. The van der Waals surface area contributed by atoms with Crippen LogP contribution in [-0.2, 0) is 25.6 Å². The Hall–Kier alpha value is -4.06. The molecule has 12 nitrogen and oxygen atoms in total. The van der Waals surface area contributed by atoms with Crippen LogP contribution in [0, 0.1) is 0 Å². The van der Waals surface area contributed by atoms with Crippen LogP contribution in [0.1, 0.15) is 15.9 Å². The lowest BCUT2D eigenvalue weighted by Gasteiger charge is -2.19. The molecule has 0 amide bonds. The van der Waals surface area contributed by atoms with Crippen molar-refractivity contribution in [1.82, 2.24) is 0 Å². The molecular weight excluding hydrogens is 468 g/mol. The summed E-state index contributed by atoms with van der Waals surface area (Å²) in [6.45, 7) is -0.204. The van der Waals surface area contributed by atoms with Crippen molar-refractivity contribution in [2.45, 2.75) is 6.61 Å². The van der Waals surface area contributed by atoms with Crippen LogP contribution in [0.4, 0.5) is 4.79 Å². The Labute approximate surface area is 200 Å². The summed E-state index contributed by atoms with van der Waals surface area (Å²) in [4.78, 5) is 24.9. The minimum atomic E-state index is -0.905. The molecule has 0 atom stereocenters. The average molecular weight is 492 g/mol. The second kappa shape index (κ2) is 10.5. The van der Waals surface area contributed by atoms with Gasteiger partial charge in [-0.05, 0) is 12.1 Å². The lowest BCUT2D eigenvalue weighted by atomic mass is 9.92. The fraction of sp³-hybridized carbons (Fsp3) is 0.391. The maximum absolute atomic E-state index is 12.8. The molecule has 0 aromatic heterocycles. The zero-order valence-corrected chi connectivity index (χ0v) is 19.6. The first-order valence-corrected chi connectivity index (χ1v) is 10.4. The van der Waals surface area contributed by atoms with E-state index in [1.807, 2.05) is 0 Å². The Morgan fingerprint density at radius 3 is 1.97 bits per heavy atom. The maximum Gasteiger partial charge on any atom is 0.508 e. The fourth-order valence-electron chi connectivity index (χ4n) is 3.72. The van der Waals surface area contributed by atoms with E-state index in [0.29, 0.717) is 33.9 Å². The third-order valence-corrected chi connectivity index (χ3v) is 5.25. The van der Waals surface area contributed by atoms with Crippen molar-refractivity contribution in [1.29, 1.82) is 0 Å². The Morgan fingerprint density at radius 1 is 0.771 bits per heavy atom. The van der Waals surface area contributed by atoms with Gasteiger partial charge >= 0.3 is 12.1 Å². The van der Waals surface area contributed by atoms with E-state index in [4.69, 9.17) is 47.4 Å². The molecule has 0 fully saturated rings. The minimum Gasteiger partial charge on any atom is -0.493 e. The van der Waals surface area contributed by atoms with Gasteiger partial charge in [0.25, 0.3) is 0 Å². The van der Waals surface area contributed by atoms with Crippen LogP contribution in [0.15, 0.2) is 12.1 Å². The monoisotopic (exact) mass is 492 g/mol. The predicted octanol–water partition coefficient (Wildman–Crippen LogP) is 2.91. The Balaban J connectivity index is 1.88. The lowest BCUT2D eigenvalue weighted by molar-refractivity contribution is 0.0323. The number of ether oxygens (including phenoxy) is 10. The number of benzene rings is 2. The molecule has 35 heavy (non-hydrogen) atoms. The summed E-state index contributed by atoms with van der Waals surface area (Å²) >= 11 is 0. The van der Waals surface area contributed by atoms with E-state index in [1.54, 1.807) is 6.07 Å². The molecule has 2 aromatic rings. The molecule has 4 rings (SSSR count). The molecule has 0 aliphatic carbocycles. The van der Waals surface area contributed by atoms with Gasteiger partial charge in [-0.15, -0.1) is 0 Å². The van der Waals surface area contributed by atoms with E-state index in [2.05, 4.69) is 0 Å². The predicted molar refractivity (Wildman–Crippen MR) is 117 cm³/mol. The molecule has 0 saturated heterocycles. The summed E-state index contributed by atoms with van der Waals surface area (Å²) in [6, 6.07) is 3.09. The average Bonchev–Trinajstić information content (AvgIpc) is 3.56. The first kappa shape index (κ1) is 24.1. The number of esters is 1. The van der Waals surface area contributed by atoms with Gasteiger partial charge in [-0.2, -0.15) is 0 Å². The van der Waals surface area contributed by atoms with E-state index in [1.165, 1.54) is 34.5 Å². The normalized spacial score (nSPS) is 12.8. The second-order valence-electron chi connectivity index (χ2n) is 7.12. The fourth-order valence-corrected chi connectivity index (χ4v) is 3.72. The van der Waals surface area contributed by atoms with Crippen LogP contribution in [0.25, 0.3) is 11.1 Å². The summed E-state index contributed by atoms with van der Waals surface area (Å²) in [5, 5.41) is 0. The minimum absolute atomic E-state index is 0.0241. The summed E-state index contributed by atoms with van der Waals surface area (Å²) in [6.07, 6.45) is -0.905. The third kappa shape index (κ3) is 4.52. The highest BCUT2D eigenvalue weighted by Gasteiger charge is 2.36. The van der Waals surface area contributed by atoms with Gasteiger partial charge in [0.2, 0.25) is 25.1 Å². The van der Waals surface area contributed by atoms with Gasteiger partial charge in [0.05, 0.1) is 33.5 Å². The number of methoxy groups -OCH3 is 4. The van der Waals surface area contributed by atoms with Crippen molar-refractivity contribution in [3.05, 3.63) is 23.3 Å². The molecule has 0 bridgehead atoms. The first-order valence-electron chi connectivity index (χ1n) is 10.4. The van der Waals surface area contributed by atoms with Crippen molar-refractivity contribution >= 4 is 12.1 Å². The standard InChI is InChI=1S/C23H24O12/c1-26-5-6-30-23(25)31-9-12-7-14(27-2)18-20(34-10-32-18)16(12)17-13(22(24)29-4)8-15(28-3)19-21(17)35-11-33-19/h7-8H,5-6,9-11H2,1-4H3. The highest BCUT2D eigenvalue weighted by Crippen LogP contribution is 2.56. The number of carbonyl (C=O) groups is 2. The zero-order valence-electron chi connectivity index (χ0n) is 19.6. The van der Waals surface area contributed by atoms with Crippen molar-refractivity contribution in [2.24, 2.45) is 0 Å². The van der Waals surface area contributed by atoms with Gasteiger partial charge in [0.15, 0.2) is 23.0 Å². The molecule has 0 radical (unpaired) electrons. The van der Waals surface area contributed by atoms with E-state index in [-0.39, 0.29) is 56.2 Å². The molecular formula is C23H24O12. The summed E-state index contributed by atoms with van der Waals surface area (Å²) in [5.74, 6) is 1.07. The SMILES string of the molecule is COCCOC(=O)OCc1cc(OC)c2c(c1-c1c(C(=O)OC)cc(OC)c3c1OCO3)OCO2. The highest BCUT2D eigenvalue weighted by molar-refractivity contribution is 6.03.